The van der Waals surface area contributed by atoms with Gasteiger partial charge in [0.1, 0.15) is 6.10 Å². The molecule has 0 aliphatic rings. The first-order valence-corrected chi connectivity index (χ1v) is 10.2. The van der Waals surface area contributed by atoms with Gasteiger partial charge in [-0.05, 0) is 25.3 Å². The van der Waals surface area contributed by atoms with Crippen LogP contribution in [-0.2, 0) is 15.9 Å². The fourth-order valence-corrected chi connectivity index (χ4v) is 3.19. The summed E-state index contributed by atoms with van der Waals surface area (Å²) in [6.45, 7) is 7.41. The molecule has 144 valence electrons. The van der Waals surface area contributed by atoms with Gasteiger partial charge in [0.25, 0.3) is 0 Å². The molecule has 0 fully saturated rings. The summed E-state index contributed by atoms with van der Waals surface area (Å²) in [7, 11) is 0. The third kappa shape index (κ3) is 8.35. The number of hydrogen-bond donors (Lipinski definition) is 1. The zero-order chi connectivity index (χ0) is 18.4. The van der Waals surface area contributed by atoms with Crippen molar-refractivity contribution in [2.24, 2.45) is 0 Å². The number of rotatable bonds is 15. The lowest BCUT2D eigenvalue weighted by molar-refractivity contribution is -0.282. The monoisotopic (exact) mass is 350 g/mol. The summed E-state index contributed by atoms with van der Waals surface area (Å²) in [5.41, 5.74) is 1.13. The quantitative estimate of drug-likeness (QED) is 0.335. The van der Waals surface area contributed by atoms with E-state index in [4.69, 9.17) is 9.47 Å². The van der Waals surface area contributed by atoms with Gasteiger partial charge in [-0.3, -0.25) is 0 Å². The van der Waals surface area contributed by atoms with Crippen LogP contribution in [0.15, 0.2) is 30.3 Å². The van der Waals surface area contributed by atoms with Gasteiger partial charge in [0, 0.05) is 19.6 Å². The van der Waals surface area contributed by atoms with Crippen molar-refractivity contribution in [3.63, 3.8) is 0 Å². The smallest absolute Gasteiger partial charge is 0.198 e. The van der Waals surface area contributed by atoms with E-state index in [2.05, 4.69) is 26.0 Å². The molecule has 1 rings (SSSR count). The van der Waals surface area contributed by atoms with Crippen LogP contribution in [-0.4, -0.2) is 30.2 Å². The summed E-state index contributed by atoms with van der Waals surface area (Å²) in [5, 5.41) is 10.9. The third-order valence-corrected chi connectivity index (χ3v) is 4.57. The Morgan fingerprint density at radius 1 is 0.880 bits per heavy atom. The Hall–Kier alpha value is -0.900. The molecule has 0 aliphatic heterocycles. The number of unbranched alkanes of at least 4 members (excludes halogenated alkanes) is 5. The lowest BCUT2D eigenvalue weighted by Gasteiger charge is -2.38. The molecule has 0 radical (unpaired) electrons. The number of aliphatic hydroxyl groups is 1. The van der Waals surface area contributed by atoms with Crippen LogP contribution in [0.1, 0.15) is 77.7 Å². The fraction of sp³-hybridized carbons (Fsp3) is 0.727. The van der Waals surface area contributed by atoms with E-state index in [-0.39, 0.29) is 0 Å². The maximum Gasteiger partial charge on any atom is 0.198 e. The van der Waals surface area contributed by atoms with Crippen LogP contribution in [0, 0.1) is 0 Å². The highest BCUT2D eigenvalue weighted by Gasteiger charge is 2.39. The Morgan fingerprint density at radius 2 is 1.56 bits per heavy atom. The van der Waals surface area contributed by atoms with Crippen LogP contribution < -0.4 is 0 Å². The molecule has 3 heteroatoms. The van der Waals surface area contributed by atoms with E-state index in [1.807, 2.05) is 25.1 Å². The molecule has 25 heavy (non-hydrogen) atoms. The summed E-state index contributed by atoms with van der Waals surface area (Å²) in [4.78, 5) is 0. The van der Waals surface area contributed by atoms with Gasteiger partial charge in [-0.1, -0.05) is 82.7 Å². The predicted molar refractivity (Wildman–Crippen MR) is 105 cm³/mol. The van der Waals surface area contributed by atoms with E-state index in [1.165, 1.54) is 32.1 Å². The molecule has 0 heterocycles. The number of aliphatic hydroxyl groups excluding tert-OH is 1. The minimum absolute atomic E-state index is 0.532. The predicted octanol–water partition coefficient (Wildman–Crippen LogP) is 5.50. The molecule has 3 nitrogen and oxygen atoms in total. The van der Waals surface area contributed by atoms with Gasteiger partial charge in [-0.2, -0.15) is 0 Å². The number of ether oxygens (including phenoxy) is 2. The molecule has 2 unspecified atom stereocenters. The van der Waals surface area contributed by atoms with E-state index in [1.54, 1.807) is 0 Å². The normalized spacial score (nSPS) is 15.0. The highest BCUT2D eigenvalue weighted by Crippen LogP contribution is 2.28. The average Bonchev–Trinajstić information content (AvgIpc) is 2.63. The van der Waals surface area contributed by atoms with Gasteiger partial charge in [0.2, 0.25) is 0 Å². The summed E-state index contributed by atoms with van der Waals surface area (Å²) in [6.07, 6.45) is 8.90. The van der Waals surface area contributed by atoms with E-state index in [9.17, 15) is 5.11 Å². The second kappa shape index (κ2) is 13.3. The van der Waals surface area contributed by atoms with Crippen LogP contribution in [0.25, 0.3) is 0 Å². The molecule has 1 aromatic rings. The highest BCUT2D eigenvalue weighted by atomic mass is 16.7. The van der Waals surface area contributed by atoms with Gasteiger partial charge in [-0.15, -0.1) is 0 Å². The molecule has 2 atom stereocenters. The molecule has 0 aromatic heterocycles. The van der Waals surface area contributed by atoms with Crippen molar-refractivity contribution in [1.29, 1.82) is 0 Å². The van der Waals surface area contributed by atoms with Crippen LogP contribution >= 0.6 is 0 Å². The Morgan fingerprint density at radius 3 is 2.20 bits per heavy atom. The molecule has 0 aliphatic carbocycles. The van der Waals surface area contributed by atoms with Crippen LogP contribution in [0.4, 0.5) is 0 Å². The van der Waals surface area contributed by atoms with Crippen LogP contribution in [0.5, 0.6) is 0 Å². The van der Waals surface area contributed by atoms with E-state index in [0.29, 0.717) is 19.6 Å². The van der Waals surface area contributed by atoms with Crippen molar-refractivity contribution in [3.05, 3.63) is 35.9 Å². The molecular formula is C22H38O3. The minimum atomic E-state index is -0.935. The van der Waals surface area contributed by atoms with E-state index >= 15 is 0 Å². The van der Waals surface area contributed by atoms with Gasteiger partial charge >= 0.3 is 0 Å². The van der Waals surface area contributed by atoms with Crippen LogP contribution in [0.2, 0.25) is 0 Å². The van der Waals surface area contributed by atoms with E-state index < -0.39 is 11.9 Å². The number of benzene rings is 1. The van der Waals surface area contributed by atoms with Gasteiger partial charge in [0.15, 0.2) is 5.79 Å². The maximum absolute atomic E-state index is 10.9. The lowest BCUT2D eigenvalue weighted by atomic mass is 9.95. The summed E-state index contributed by atoms with van der Waals surface area (Å²) < 4.78 is 12.1. The van der Waals surface area contributed by atoms with Crippen molar-refractivity contribution in [1.82, 2.24) is 0 Å². The van der Waals surface area contributed by atoms with Gasteiger partial charge < -0.3 is 14.6 Å². The van der Waals surface area contributed by atoms with Crippen molar-refractivity contribution in [3.8, 4) is 0 Å². The molecule has 0 amide bonds. The zero-order valence-corrected chi connectivity index (χ0v) is 16.5. The molecule has 0 saturated carbocycles. The second-order valence-electron chi connectivity index (χ2n) is 6.83. The van der Waals surface area contributed by atoms with Gasteiger partial charge in [0.05, 0.1) is 0 Å². The Kier molecular flexibility index (Phi) is 11.8. The standard InChI is InChI=1S/C22H38O3/c1-4-7-8-9-10-14-17-21(23)22(24-6-3,25-18-5-2)19-20-15-12-11-13-16-20/h11-13,15-16,21,23H,4-10,14,17-19H2,1-3H3. The molecule has 0 saturated heterocycles. The highest BCUT2D eigenvalue weighted by molar-refractivity contribution is 5.17. The first kappa shape index (κ1) is 22.1. The third-order valence-electron chi connectivity index (χ3n) is 4.57. The molecular weight excluding hydrogens is 312 g/mol. The topological polar surface area (TPSA) is 38.7 Å². The van der Waals surface area contributed by atoms with E-state index in [0.717, 1.165) is 24.8 Å². The summed E-state index contributed by atoms with van der Waals surface area (Å²) in [6, 6.07) is 10.2. The van der Waals surface area contributed by atoms with Crippen molar-refractivity contribution in [2.75, 3.05) is 13.2 Å². The van der Waals surface area contributed by atoms with Gasteiger partial charge in [-0.25, -0.2) is 0 Å². The Labute approximate surface area is 154 Å². The fourth-order valence-electron chi connectivity index (χ4n) is 3.19. The van der Waals surface area contributed by atoms with Crippen molar-refractivity contribution < 1.29 is 14.6 Å². The molecule has 1 aromatic carbocycles. The van der Waals surface area contributed by atoms with Crippen molar-refractivity contribution in [2.45, 2.75) is 90.4 Å². The SMILES string of the molecule is CCCCCCCCC(O)C(Cc1ccccc1)(OCC)OCCC. The average molecular weight is 351 g/mol. The maximum atomic E-state index is 10.9. The molecule has 1 N–H and O–H groups in total. The first-order valence-electron chi connectivity index (χ1n) is 10.2. The molecule has 0 spiro atoms. The Bertz CT molecular complexity index is 421. The number of hydrogen-bond acceptors (Lipinski definition) is 3. The largest absolute Gasteiger partial charge is 0.387 e. The minimum Gasteiger partial charge on any atom is -0.387 e. The summed E-state index contributed by atoms with van der Waals surface area (Å²) in [5.74, 6) is -0.935. The van der Waals surface area contributed by atoms with Crippen LogP contribution in [0.3, 0.4) is 0 Å². The molecule has 0 bridgehead atoms. The summed E-state index contributed by atoms with van der Waals surface area (Å²) >= 11 is 0. The first-order chi connectivity index (χ1) is 12.2. The zero-order valence-electron chi connectivity index (χ0n) is 16.5. The Balaban J connectivity index is 2.69. The second-order valence-corrected chi connectivity index (χ2v) is 6.83. The van der Waals surface area contributed by atoms with Crippen molar-refractivity contribution >= 4 is 0 Å². The lowest BCUT2D eigenvalue weighted by Crippen LogP contribution is -2.49.